The molecule has 0 spiro atoms. The molecule has 154 valence electrons. The molecule has 2 aliphatic rings. The number of amides is 2. The van der Waals surface area contributed by atoms with Crippen molar-refractivity contribution in [2.75, 3.05) is 19.7 Å². The predicted molar refractivity (Wildman–Crippen MR) is 113 cm³/mol. The van der Waals surface area contributed by atoms with Crippen LogP contribution in [-0.4, -0.2) is 42.5 Å². The monoisotopic (exact) mass is 450 g/mol. The van der Waals surface area contributed by atoms with E-state index in [1.807, 2.05) is 29.2 Å². The molecule has 5 nitrogen and oxygen atoms in total. The lowest BCUT2D eigenvalue weighted by Gasteiger charge is -2.33. The number of rotatable bonds is 7. The number of piperidine rings is 1. The third kappa shape index (κ3) is 6.23. The highest BCUT2D eigenvalue weighted by Crippen LogP contribution is 2.24. The fourth-order valence-electron chi connectivity index (χ4n) is 4.11. The lowest BCUT2D eigenvalue weighted by Crippen LogP contribution is -2.47. The van der Waals surface area contributed by atoms with Gasteiger partial charge in [0.1, 0.15) is 5.75 Å². The van der Waals surface area contributed by atoms with E-state index in [1.165, 1.54) is 19.3 Å². The molecular weight excluding hydrogens is 420 g/mol. The molecule has 1 unspecified atom stereocenters. The van der Waals surface area contributed by atoms with Gasteiger partial charge < -0.3 is 15.0 Å². The summed E-state index contributed by atoms with van der Waals surface area (Å²) in [5.74, 6) is 1.01. The summed E-state index contributed by atoms with van der Waals surface area (Å²) in [5.41, 5.74) is 0. The normalized spacial score (nSPS) is 20.6. The second-order valence-corrected chi connectivity index (χ2v) is 8.76. The van der Waals surface area contributed by atoms with Gasteiger partial charge in [0.15, 0.2) is 0 Å². The van der Waals surface area contributed by atoms with Crippen LogP contribution in [0.25, 0.3) is 0 Å². The van der Waals surface area contributed by atoms with Crippen molar-refractivity contribution in [1.82, 2.24) is 10.2 Å². The van der Waals surface area contributed by atoms with Gasteiger partial charge in [-0.2, -0.15) is 0 Å². The Kier molecular flexibility index (Phi) is 8.19. The molecule has 1 saturated heterocycles. The topological polar surface area (TPSA) is 58.6 Å². The van der Waals surface area contributed by atoms with Crippen molar-refractivity contribution in [3.8, 4) is 5.75 Å². The van der Waals surface area contributed by atoms with Gasteiger partial charge in [0.05, 0.1) is 17.0 Å². The van der Waals surface area contributed by atoms with Gasteiger partial charge in [0, 0.05) is 25.6 Å². The molecule has 1 aromatic carbocycles. The molecule has 0 aromatic heterocycles. The molecule has 3 rings (SSSR count). The molecule has 28 heavy (non-hydrogen) atoms. The maximum Gasteiger partial charge on any atom is 0.225 e. The Bertz CT molecular complexity index is 661. The Morgan fingerprint density at radius 3 is 2.68 bits per heavy atom. The van der Waals surface area contributed by atoms with Gasteiger partial charge in [0.25, 0.3) is 0 Å². The molecule has 2 fully saturated rings. The Morgan fingerprint density at radius 2 is 1.89 bits per heavy atom. The summed E-state index contributed by atoms with van der Waals surface area (Å²) in [7, 11) is 0. The number of hydrogen-bond donors (Lipinski definition) is 1. The van der Waals surface area contributed by atoms with Crippen LogP contribution in [0.3, 0.4) is 0 Å². The molecule has 1 aliphatic carbocycles. The van der Waals surface area contributed by atoms with E-state index in [0.29, 0.717) is 32.0 Å². The van der Waals surface area contributed by atoms with Crippen LogP contribution in [0, 0.1) is 5.92 Å². The van der Waals surface area contributed by atoms with Crippen LogP contribution in [0.4, 0.5) is 0 Å². The number of ether oxygens (including phenoxy) is 1. The average Bonchev–Trinajstić information content (AvgIpc) is 2.73. The highest BCUT2D eigenvalue weighted by molar-refractivity contribution is 9.10. The third-order valence-electron chi connectivity index (χ3n) is 5.73. The molecule has 1 aliphatic heterocycles. The molecule has 6 heteroatoms. The average molecular weight is 451 g/mol. The smallest absolute Gasteiger partial charge is 0.225 e. The lowest BCUT2D eigenvalue weighted by atomic mass is 9.93. The van der Waals surface area contributed by atoms with E-state index in [-0.39, 0.29) is 17.7 Å². The van der Waals surface area contributed by atoms with Gasteiger partial charge in [-0.1, -0.05) is 31.4 Å². The second-order valence-electron chi connectivity index (χ2n) is 7.90. The Labute approximate surface area is 176 Å². The molecule has 1 atom stereocenters. The summed E-state index contributed by atoms with van der Waals surface area (Å²) in [6, 6.07) is 8.05. The summed E-state index contributed by atoms with van der Waals surface area (Å²) in [5, 5.41) is 3.22. The van der Waals surface area contributed by atoms with E-state index in [1.54, 1.807) is 0 Å². The van der Waals surface area contributed by atoms with Crippen LogP contribution in [0.15, 0.2) is 28.7 Å². The summed E-state index contributed by atoms with van der Waals surface area (Å²) in [4.78, 5) is 27.0. The summed E-state index contributed by atoms with van der Waals surface area (Å²) < 4.78 is 6.66. The van der Waals surface area contributed by atoms with Gasteiger partial charge >= 0.3 is 0 Å². The number of carbonyl (C=O) groups excluding carboxylic acids is 2. The fourth-order valence-corrected chi connectivity index (χ4v) is 4.51. The summed E-state index contributed by atoms with van der Waals surface area (Å²) >= 11 is 3.46. The third-order valence-corrected chi connectivity index (χ3v) is 6.38. The first-order valence-corrected chi connectivity index (χ1v) is 11.4. The maximum absolute atomic E-state index is 12.6. The zero-order valence-corrected chi connectivity index (χ0v) is 18.1. The standard InChI is InChI=1S/C22H31BrN2O3/c23-19-11-4-5-12-20(19)28-15-7-13-21(26)25-14-6-8-17(16-25)22(27)24-18-9-2-1-3-10-18/h4-5,11-12,17-18H,1-3,6-10,13-16H2,(H,24,27). The van der Waals surface area contributed by atoms with Crippen LogP contribution in [0.5, 0.6) is 5.75 Å². The van der Waals surface area contributed by atoms with E-state index in [4.69, 9.17) is 4.74 Å². The first-order valence-electron chi connectivity index (χ1n) is 10.6. The molecule has 1 aromatic rings. The quantitative estimate of drug-likeness (QED) is 0.629. The SMILES string of the molecule is O=C(NC1CCCCC1)C1CCCN(C(=O)CCCOc2ccccc2Br)C1. The van der Waals surface area contributed by atoms with Crippen molar-refractivity contribution < 1.29 is 14.3 Å². The molecule has 2 amide bonds. The molecule has 1 saturated carbocycles. The fraction of sp³-hybridized carbons (Fsp3) is 0.636. The Balaban J connectivity index is 1.38. The molecule has 0 radical (unpaired) electrons. The van der Waals surface area contributed by atoms with Crippen molar-refractivity contribution >= 4 is 27.7 Å². The zero-order chi connectivity index (χ0) is 19.8. The summed E-state index contributed by atoms with van der Waals surface area (Å²) in [6.07, 6.45) is 8.82. The van der Waals surface area contributed by atoms with E-state index in [0.717, 1.165) is 42.5 Å². The van der Waals surface area contributed by atoms with Gasteiger partial charge in [-0.25, -0.2) is 0 Å². The van der Waals surface area contributed by atoms with E-state index in [2.05, 4.69) is 21.2 Å². The van der Waals surface area contributed by atoms with E-state index in [9.17, 15) is 9.59 Å². The van der Waals surface area contributed by atoms with Crippen LogP contribution in [0.2, 0.25) is 0 Å². The minimum atomic E-state index is -0.0591. The number of nitrogens with one attached hydrogen (secondary N) is 1. The van der Waals surface area contributed by atoms with Gasteiger partial charge in [-0.3, -0.25) is 9.59 Å². The largest absolute Gasteiger partial charge is 0.492 e. The van der Waals surface area contributed by atoms with Crippen molar-refractivity contribution in [1.29, 1.82) is 0 Å². The van der Waals surface area contributed by atoms with Gasteiger partial charge in [-0.05, 0) is 60.2 Å². The molecule has 1 heterocycles. The zero-order valence-electron chi connectivity index (χ0n) is 16.5. The minimum Gasteiger partial charge on any atom is -0.492 e. The number of nitrogens with zero attached hydrogens (tertiary/aromatic N) is 1. The maximum atomic E-state index is 12.6. The van der Waals surface area contributed by atoms with Crippen molar-refractivity contribution in [3.63, 3.8) is 0 Å². The number of benzene rings is 1. The minimum absolute atomic E-state index is 0.0591. The van der Waals surface area contributed by atoms with Crippen LogP contribution < -0.4 is 10.1 Å². The Morgan fingerprint density at radius 1 is 1.11 bits per heavy atom. The van der Waals surface area contributed by atoms with Crippen molar-refractivity contribution in [2.45, 2.75) is 63.8 Å². The lowest BCUT2D eigenvalue weighted by molar-refractivity contribution is -0.136. The van der Waals surface area contributed by atoms with Gasteiger partial charge in [0.2, 0.25) is 11.8 Å². The van der Waals surface area contributed by atoms with Crippen LogP contribution in [-0.2, 0) is 9.59 Å². The van der Waals surface area contributed by atoms with Crippen LogP contribution in [0.1, 0.15) is 57.8 Å². The highest BCUT2D eigenvalue weighted by atomic mass is 79.9. The van der Waals surface area contributed by atoms with Crippen LogP contribution >= 0.6 is 15.9 Å². The van der Waals surface area contributed by atoms with Gasteiger partial charge in [-0.15, -0.1) is 0 Å². The highest BCUT2D eigenvalue weighted by Gasteiger charge is 2.29. The molecular formula is C22H31BrN2O3. The van der Waals surface area contributed by atoms with E-state index < -0.39 is 0 Å². The van der Waals surface area contributed by atoms with Crippen molar-refractivity contribution in [3.05, 3.63) is 28.7 Å². The summed E-state index contributed by atoms with van der Waals surface area (Å²) in [6.45, 7) is 1.83. The number of para-hydroxylation sites is 1. The molecule has 0 bridgehead atoms. The number of halogens is 1. The number of hydrogen-bond acceptors (Lipinski definition) is 3. The first-order chi connectivity index (χ1) is 13.6. The van der Waals surface area contributed by atoms with E-state index >= 15 is 0 Å². The van der Waals surface area contributed by atoms with Crippen molar-refractivity contribution in [2.24, 2.45) is 5.92 Å². The molecule has 1 N–H and O–H groups in total. The number of carbonyl (C=O) groups is 2. The Hall–Kier alpha value is -1.56. The predicted octanol–water partition coefficient (Wildman–Crippen LogP) is 4.30. The second kappa shape index (κ2) is 10.8. The number of likely N-dealkylation sites (tertiary alicyclic amines) is 1. The first kappa shape index (κ1) is 21.2.